The van der Waals surface area contributed by atoms with Crippen molar-refractivity contribution < 1.29 is 9.59 Å². The van der Waals surface area contributed by atoms with Gasteiger partial charge >= 0.3 is 6.03 Å². The highest BCUT2D eigenvalue weighted by Gasteiger charge is 2.23. The van der Waals surface area contributed by atoms with E-state index in [-0.39, 0.29) is 17.2 Å². The molecule has 4 nitrogen and oxygen atoms in total. The van der Waals surface area contributed by atoms with Crippen LogP contribution in [0.25, 0.3) is 0 Å². The van der Waals surface area contributed by atoms with Gasteiger partial charge < -0.3 is 10.6 Å². The number of rotatable bonds is 4. The van der Waals surface area contributed by atoms with Crippen LogP contribution in [-0.4, -0.2) is 23.4 Å². The highest BCUT2D eigenvalue weighted by atomic mass is 32.2. The van der Waals surface area contributed by atoms with Gasteiger partial charge in [0, 0.05) is 6.04 Å². The molecule has 1 aliphatic rings. The first-order valence-corrected chi connectivity index (χ1v) is 8.13. The van der Waals surface area contributed by atoms with Crippen molar-refractivity contribution in [3.05, 3.63) is 35.9 Å². The number of hydrogen-bond acceptors (Lipinski definition) is 3. The largest absolute Gasteiger partial charge is 0.335 e. The molecule has 5 heteroatoms. The first-order chi connectivity index (χ1) is 9.70. The van der Waals surface area contributed by atoms with Gasteiger partial charge in [-0.2, -0.15) is 0 Å². The topological polar surface area (TPSA) is 58.2 Å². The molecule has 2 amide bonds. The quantitative estimate of drug-likeness (QED) is 0.897. The molecule has 0 radical (unpaired) electrons. The molecule has 0 spiro atoms. The lowest BCUT2D eigenvalue weighted by Gasteiger charge is -2.19. The third-order valence-electron chi connectivity index (χ3n) is 3.54. The van der Waals surface area contributed by atoms with Gasteiger partial charge in [-0.25, -0.2) is 4.79 Å². The molecule has 1 atom stereocenters. The molecule has 0 bridgehead atoms. The Bertz CT molecular complexity index is 458. The Labute approximate surface area is 123 Å². The molecular formula is C15H20N2O2S. The minimum atomic E-state index is -0.590. The highest BCUT2D eigenvalue weighted by molar-refractivity contribution is 8.13. The van der Waals surface area contributed by atoms with Crippen molar-refractivity contribution in [3.8, 4) is 0 Å². The maximum absolute atomic E-state index is 12.0. The Morgan fingerprint density at radius 2 is 1.85 bits per heavy atom. The van der Waals surface area contributed by atoms with Crippen LogP contribution in [0, 0.1) is 0 Å². The maximum atomic E-state index is 12.0. The second kappa shape index (κ2) is 7.33. The number of thioether (sulfide) groups is 1. The van der Waals surface area contributed by atoms with Gasteiger partial charge in [-0.05, 0) is 24.7 Å². The third kappa shape index (κ3) is 4.00. The number of carbonyl (C=O) groups is 2. The fourth-order valence-corrected chi connectivity index (χ4v) is 2.90. The monoisotopic (exact) mass is 292 g/mol. The van der Waals surface area contributed by atoms with Gasteiger partial charge in [-0.15, -0.1) is 0 Å². The maximum Gasteiger partial charge on any atom is 0.315 e. The molecule has 0 aliphatic heterocycles. The number of hydrogen-bond donors (Lipinski definition) is 2. The van der Waals surface area contributed by atoms with Gasteiger partial charge in [0.1, 0.15) is 6.04 Å². The van der Waals surface area contributed by atoms with Crippen LogP contribution in [0.5, 0.6) is 0 Å². The molecule has 0 saturated heterocycles. The average molecular weight is 292 g/mol. The van der Waals surface area contributed by atoms with E-state index >= 15 is 0 Å². The normalized spacial score (nSPS) is 16.6. The summed E-state index contributed by atoms with van der Waals surface area (Å²) in [6.45, 7) is 0. The van der Waals surface area contributed by atoms with E-state index in [4.69, 9.17) is 0 Å². The molecule has 108 valence electrons. The summed E-state index contributed by atoms with van der Waals surface area (Å²) in [7, 11) is 0. The van der Waals surface area contributed by atoms with Gasteiger partial charge in [0.05, 0.1) is 0 Å². The molecule has 2 N–H and O–H groups in total. The van der Waals surface area contributed by atoms with Crippen LogP contribution < -0.4 is 10.6 Å². The summed E-state index contributed by atoms with van der Waals surface area (Å²) < 4.78 is 0. The summed E-state index contributed by atoms with van der Waals surface area (Å²) in [5, 5.41) is 5.68. The second-order valence-electron chi connectivity index (χ2n) is 4.97. The van der Waals surface area contributed by atoms with E-state index in [1.54, 1.807) is 6.26 Å². The van der Waals surface area contributed by atoms with E-state index in [0.717, 1.165) is 43.0 Å². The SMILES string of the molecule is CSC(=O)[C@H](NC(=O)NC1CCCC1)c1ccccc1. The molecule has 2 rings (SSSR count). The van der Waals surface area contributed by atoms with E-state index in [1.807, 2.05) is 30.3 Å². The van der Waals surface area contributed by atoms with Crippen LogP contribution in [-0.2, 0) is 4.79 Å². The molecule has 1 saturated carbocycles. The summed E-state index contributed by atoms with van der Waals surface area (Å²) in [5.41, 5.74) is 0.813. The first kappa shape index (κ1) is 14.9. The zero-order valence-electron chi connectivity index (χ0n) is 11.6. The molecule has 1 aromatic rings. The van der Waals surface area contributed by atoms with Crippen LogP contribution in [0.2, 0.25) is 0 Å². The van der Waals surface area contributed by atoms with Crippen molar-refractivity contribution in [2.75, 3.05) is 6.26 Å². The number of urea groups is 1. The van der Waals surface area contributed by atoms with Crippen molar-refractivity contribution in [2.24, 2.45) is 0 Å². The van der Waals surface area contributed by atoms with E-state index < -0.39 is 6.04 Å². The lowest BCUT2D eigenvalue weighted by Crippen LogP contribution is -2.44. The Morgan fingerprint density at radius 1 is 1.20 bits per heavy atom. The minimum absolute atomic E-state index is 0.0576. The van der Waals surface area contributed by atoms with Crippen LogP contribution in [0.4, 0.5) is 4.79 Å². The standard InChI is InChI=1S/C15H20N2O2S/c1-20-14(18)13(11-7-3-2-4-8-11)17-15(19)16-12-9-5-6-10-12/h2-4,7-8,12-13H,5-6,9-10H2,1H3,(H2,16,17,19)/t13-/m1/s1. The van der Waals surface area contributed by atoms with Crippen LogP contribution in [0.15, 0.2) is 30.3 Å². The highest BCUT2D eigenvalue weighted by Crippen LogP contribution is 2.20. The average Bonchev–Trinajstić information content (AvgIpc) is 2.97. The fraction of sp³-hybridized carbons (Fsp3) is 0.467. The number of nitrogens with one attached hydrogen (secondary N) is 2. The minimum Gasteiger partial charge on any atom is -0.335 e. The summed E-state index contributed by atoms with van der Waals surface area (Å²) in [6, 6.07) is 8.74. The van der Waals surface area contributed by atoms with Crippen LogP contribution in [0.3, 0.4) is 0 Å². The zero-order valence-corrected chi connectivity index (χ0v) is 12.4. The molecule has 1 fully saturated rings. The van der Waals surface area contributed by atoms with E-state index in [9.17, 15) is 9.59 Å². The molecule has 0 heterocycles. The molecule has 20 heavy (non-hydrogen) atoms. The van der Waals surface area contributed by atoms with Gasteiger partial charge in [0.15, 0.2) is 0 Å². The van der Waals surface area contributed by atoms with Gasteiger partial charge in [0.25, 0.3) is 0 Å². The third-order valence-corrected chi connectivity index (χ3v) is 4.17. The van der Waals surface area contributed by atoms with Crippen molar-refractivity contribution >= 4 is 22.9 Å². The van der Waals surface area contributed by atoms with Crippen molar-refractivity contribution in [1.82, 2.24) is 10.6 Å². The predicted molar refractivity (Wildman–Crippen MR) is 81.6 cm³/mol. The number of amides is 2. The van der Waals surface area contributed by atoms with E-state index in [0.29, 0.717) is 0 Å². The summed E-state index contributed by atoms with van der Waals surface area (Å²) in [5.74, 6) is 0. The van der Waals surface area contributed by atoms with Gasteiger partial charge in [-0.3, -0.25) is 4.79 Å². The predicted octanol–water partition coefficient (Wildman–Crippen LogP) is 2.86. The number of carbonyl (C=O) groups excluding carboxylic acids is 2. The first-order valence-electron chi connectivity index (χ1n) is 6.90. The summed E-state index contributed by atoms with van der Waals surface area (Å²) in [4.78, 5) is 24.0. The van der Waals surface area contributed by atoms with Crippen molar-refractivity contribution in [3.63, 3.8) is 0 Å². The Balaban J connectivity index is 2.00. The van der Waals surface area contributed by atoms with Crippen LogP contribution >= 0.6 is 11.8 Å². The fourth-order valence-electron chi connectivity index (χ4n) is 2.47. The smallest absolute Gasteiger partial charge is 0.315 e. The second-order valence-corrected chi connectivity index (χ2v) is 5.78. The van der Waals surface area contributed by atoms with Crippen LogP contribution in [0.1, 0.15) is 37.3 Å². The Hall–Kier alpha value is -1.49. The summed E-state index contributed by atoms with van der Waals surface area (Å²) in [6.07, 6.45) is 6.11. The van der Waals surface area contributed by atoms with Gasteiger partial charge in [0.2, 0.25) is 5.12 Å². The van der Waals surface area contributed by atoms with Gasteiger partial charge in [-0.1, -0.05) is 54.9 Å². The molecule has 0 unspecified atom stereocenters. The summed E-state index contributed by atoms with van der Waals surface area (Å²) >= 11 is 1.13. The molecule has 0 aromatic heterocycles. The Kier molecular flexibility index (Phi) is 5.47. The zero-order chi connectivity index (χ0) is 14.4. The molecule has 1 aromatic carbocycles. The van der Waals surface area contributed by atoms with Crippen molar-refractivity contribution in [1.29, 1.82) is 0 Å². The van der Waals surface area contributed by atoms with E-state index in [1.165, 1.54) is 0 Å². The lowest BCUT2D eigenvalue weighted by atomic mass is 10.1. The lowest BCUT2D eigenvalue weighted by molar-refractivity contribution is -0.112. The van der Waals surface area contributed by atoms with E-state index in [2.05, 4.69) is 10.6 Å². The van der Waals surface area contributed by atoms with Crippen molar-refractivity contribution in [2.45, 2.75) is 37.8 Å². The Morgan fingerprint density at radius 3 is 2.45 bits per heavy atom. The molecule has 1 aliphatic carbocycles. The number of benzene rings is 1. The molecular weight excluding hydrogens is 272 g/mol.